The third-order valence-electron chi connectivity index (χ3n) is 2.61. The van der Waals surface area contributed by atoms with Gasteiger partial charge in [-0.25, -0.2) is 4.79 Å². The number of nitrogens with one attached hydrogen (secondary N) is 1. The molecule has 1 unspecified atom stereocenters. The molecule has 5 nitrogen and oxygen atoms in total. The lowest BCUT2D eigenvalue weighted by atomic mass is 10.1. The lowest BCUT2D eigenvalue weighted by Crippen LogP contribution is -2.32. The number of hydrogen-bond acceptors (Lipinski definition) is 5. The first-order valence-electron chi connectivity index (χ1n) is 6.31. The van der Waals surface area contributed by atoms with Crippen molar-refractivity contribution in [1.82, 2.24) is 5.48 Å². The summed E-state index contributed by atoms with van der Waals surface area (Å²) in [5.41, 5.74) is 4.25. The van der Waals surface area contributed by atoms with E-state index in [0.29, 0.717) is 11.3 Å². The van der Waals surface area contributed by atoms with Gasteiger partial charge in [-0.05, 0) is 32.4 Å². The number of benzene rings is 1. The van der Waals surface area contributed by atoms with Crippen LogP contribution in [0.5, 0.6) is 0 Å². The van der Waals surface area contributed by atoms with Crippen LogP contribution >= 0.6 is 0 Å². The van der Waals surface area contributed by atoms with E-state index in [1.807, 2.05) is 0 Å². The van der Waals surface area contributed by atoms with Gasteiger partial charge in [0, 0.05) is 5.56 Å². The Labute approximate surface area is 117 Å². The summed E-state index contributed by atoms with van der Waals surface area (Å²) in [5, 5.41) is 0. The monoisotopic (exact) mass is 275 g/mol. The number of hydrogen-bond donors (Lipinski definition) is 1. The van der Waals surface area contributed by atoms with Gasteiger partial charge in [-0.1, -0.05) is 24.3 Å². The van der Waals surface area contributed by atoms with E-state index in [9.17, 15) is 9.59 Å². The molecular formula is C15H17NO4. The fraction of sp³-hybridized carbons (Fsp3) is 0.333. The van der Waals surface area contributed by atoms with E-state index in [0.717, 1.165) is 11.8 Å². The van der Waals surface area contributed by atoms with E-state index in [1.165, 1.54) is 0 Å². The van der Waals surface area contributed by atoms with Crippen molar-refractivity contribution in [2.75, 3.05) is 0 Å². The van der Waals surface area contributed by atoms with Crippen molar-refractivity contribution in [3.8, 4) is 0 Å². The number of carbonyl (C=O) groups excluding carboxylic acids is 2. The molecule has 1 N–H and O–H groups in total. The number of ether oxygens (including phenoxy) is 1. The lowest BCUT2D eigenvalue weighted by Gasteiger charge is -2.20. The molecule has 1 aliphatic heterocycles. The zero-order valence-corrected chi connectivity index (χ0v) is 11.7. The van der Waals surface area contributed by atoms with Crippen LogP contribution in [0.1, 0.15) is 36.7 Å². The van der Waals surface area contributed by atoms with E-state index in [1.54, 1.807) is 51.1 Å². The molecule has 0 fully saturated rings. The molecule has 1 aliphatic rings. The molecule has 0 amide bonds. The van der Waals surface area contributed by atoms with Crippen molar-refractivity contribution >= 4 is 18.0 Å². The second-order valence-electron chi connectivity index (χ2n) is 5.49. The van der Waals surface area contributed by atoms with Crippen molar-refractivity contribution in [2.24, 2.45) is 0 Å². The van der Waals surface area contributed by atoms with Crippen molar-refractivity contribution < 1.29 is 19.2 Å². The predicted molar refractivity (Wildman–Crippen MR) is 73.7 cm³/mol. The lowest BCUT2D eigenvalue weighted by molar-refractivity contribution is -0.166. The van der Waals surface area contributed by atoms with Gasteiger partial charge in [0.1, 0.15) is 11.9 Å². The van der Waals surface area contributed by atoms with Crippen molar-refractivity contribution in [3.05, 3.63) is 41.5 Å². The third kappa shape index (κ3) is 3.45. The summed E-state index contributed by atoms with van der Waals surface area (Å²) in [4.78, 5) is 27.7. The van der Waals surface area contributed by atoms with Crippen LogP contribution in [-0.2, 0) is 14.4 Å². The summed E-state index contributed by atoms with van der Waals surface area (Å²) in [5.74, 6) is -0.440. The second kappa shape index (κ2) is 5.46. The molecule has 20 heavy (non-hydrogen) atoms. The van der Waals surface area contributed by atoms with Crippen LogP contribution in [0.4, 0.5) is 0 Å². The van der Waals surface area contributed by atoms with Crippen LogP contribution in [0.3, 0.4) is 0 Å². The molecule has 0 bridgehead atoms. The largest absolute Gasteiger partial charge is 0.458 e. The molecular weight excluding hydrogens is 258 g/mol. The molecule has 1 atom stereocenters. The van der Waals surface area contributed by atoms with Gasteiger partial charge in [-0.15, -0.1) is 0 Å². The molecule has 2 rings (SSSR count). The van der Waals surface area contributed by atoms with Crippen LogP contribution in [-0.4, -0.2) is 24.0 Å². The minimum absolute atomic E-state index is 0.440. The number of aldehydes is 1. The van der Waals surface area contributed by atoms with Crippen LogP contribution in [0.25, 0.3) is 5.70 Å². The Kier molecular flexibility index (Phi) is 3.90. The maximum atomic E-state index is 11.9. The third-order valence-corrected chi connectivity index (χ3v) is 2.61. The van der Waals surface area contributed by atoms with Crippen LogP contribution in [0.15, 0.2) is 30.3 Å². The van der Waals surface area contributed by atoms with E-state index in [4.69, 9.17) is 9.57 Å². The number of esters is 1. The SMILES string of the molecule is CC(C)(C)OC(=O)C1C=C(c2ccc(C=O)cc2)NO1. The number of carbonyl (C=O) groups is 2. The zero-order valence-electron chi connectivity index (χ0n) is 11.7. The topological polar surface area (TPSA) is 64.6 Å². The Morgan fingerprint density at radius 3 is 2.50 bits per heavy atom. The molecule has 1 aromatic rings. The molecule has 0 radical (unpaired) electrons. The number of hydroxylamine groups is 1. The van der Waals surface area contributed by atoms with Gasteiger partial charge in [-0.2, -0.15) is 0 Å². The van der Waals surface area contributed by atoms with Crippen molar-refractivity contribution in [1.29, 1.82) is 0 Å². The van der Waals surface area contributed by atoms with E-state index in [2.05, 4.69) is 5.48 Å². The van der Waals surface area contributed by atoms with Gasteiger partial charge in [0.05, 0.1) is 5.70 Å². The Balaban J connectivity index is 2.09. The first kappa shape index (κ1) is 14.3. The summed E-state index contributed by atoms with van der Waals surface area (Å²) in [6.45, 7) is 5.40. The first-order chi connectivity index (χ1) is 9.39. The molecule has 0 aromatic heterocycles. The van der Waals surface area contributed by atoms with Gasteiger partial charge in [-0.3, -0.25) is 15.1 Å². The molecule has 1 heterocycles. The van der Waals surface area contributed by atoms with Crippen molar-refractivity contribution in [2.45, 2.75) is 32.5 Å². The van der Waals surface area contributed by atoms with E-state index >= 15 is 0 Å². The zero-order chi connectivity index (χ0) is 14.8. The Bertz CT molecular complexity index is 540. The first-order valence-corrected chi connectivity index (χ1v) is 6.31. The van der Waals surface area contributed by atoms with Crippen LogP contribution < -0.4 is 5.48 Å². The molecule has 106 valence electrons. The average Bonchev–Trinajstić information content (AvgIpc) is 2.86. The second-order valence-corrected chi connectivity index (χ2v) is 5.49. The summed E-state index contributed by atoms with van der Waals surface area (Å²) in [6.07, 6.45) is 1.67. The van der Waals surface area contributed by atoms with Crippen molar-refractivity contribution in [3.63, 3.8) is 0 Å². The van der Waals surface area contributed by atoms with Crippen LogP contribution in [0.2, 0.25) is 0 Å². The highest BCUT2D eigenvalue weighted by Crippen LogP contribution is 2.20. The fourth-order valence-corrected chi connectivity index (χ4v) is 1.72. The standard InChI is InChI=1S/C15H17NO4/c1-15(2,3)19-14(18)13-8-12(16-20-13)11-6-4-10(9-17)5-7-11/h4-9,13,16H,1-3H3. The smallest absolute Gasteiger partial charge is 0.342 e. The Morgan fingerprint density at radius 1 is 1.30 bits per heavy atom. The van der Waals surface area contributed by atoms with Gasteiger partial charge in [0.25, 0.3) is 0 Å². The molecule has 1 aromatic carbocycles. The maximum Gasteiger partial charge on any atom is 0.342 e. The molecule has 0 spiro atoms. The molecule has 0 saturated heterocycles. The van der Waals surface area contributed by atoms with Gasteiger partial charge in [0.15, 0.2) is 0 Å². The molecule has 0 aliphatic carbocycles. The van der Waals surface area contributed by atoms with Gasteiger partial charge in [0.2, 0.25) is 6.10 Å². The molecule has 0 saturated carbocycles. The predicted octanol–water partition coefficient (Wildman–Crippen LogP) is 2.09. The maximum absolute atomic E-state index is 11.9. The van der Waals surface area contributed by atoms with E-state index in [-0.39, 0.29) is 0 Å². The highest BCUT2D eigenvalue weighted by atomic mass is 16.7. The number of rotatable bonds is 3. The quantitative estimate of drug-likeness (QED) is 0.676. The highest BCUT2D eigenvalue weighted by molar-refractivity contribution is 5.82. The van der Waals surface area contributed by atoms with Crippen LogP contribution in [0, 0.1) is 0 Å². The summed E-state index contributed by atoms with van der Waals surface area (Å²) < 4.78 is 5.25. The molecule has 5 heteroatoms. The highest BCUT2D eigenvalue weighted by Gasteiger charge is 2.29. The Morgan fingerprint density at radius 2 is 1.95 bits per heavy atom. The minimum atomic E-state index is -0.769. The summed E-state index contributed by atoms with van der Waals surface area (Å²) in [6, 6.07) is 6.96. The van der Waals surface area contributed by atoms with Gasteiger partial charge >= 0.3 is 5.97 Å². The summed E-state index contributed by atoms with van der Waals surface area (Å²) >= 11 is 0. The van der Waals surface area contributed by atoms with Gasteiger partial charge < -0.3 is 4.74 Å². The van der Waals surface area contributed by atoms with E-state index < -0.39 is 17.7 Å². The minimum Gasteiger partial charge on any atom is -0.458 e. The normalized spacial score (nSPS) is 18.1. The fourth-order valence-electron chi connectivity index (χ4n) is 1.72. The Hall–Kier alpha value is -2.14. The average molecular weight is 275 g/mol. The summed E-state index contributed by atoms with van der Waals surface area (Å²) in [7, 11) is 0.